The van der Waals surface area contributed by atoms with Gasteiger partial charge in [0.05, 0.1) is 12.2 Å². The van der Waals surface area contributed by atoms with Crippen LogP contribution in [0.4, 0.5) is 4.39 Å². The van der Waals surface area contributed by atoms with Crippen LogP contribution in [0.2, 0.25) is 0 Å². The highest BCUT2D eigenvalue weighted by Crippen LogP contribution is 2.31. The van der Waals surface area contributed by atoms with Gasteiger partial charge in [-0.15, -0.1) is 10.2 Å². The second-order valence-corrected chi connectivity index (χ2v) is 7.53. The van der Waals surface area contributed by atoms with Crippen molar-refractivity contribution >= 4 is 5.91 Å². The van der Waals surface area contributed by atoms with Crippen LogP contribution in [-0.2, 0) is 11.3 Å². The van der Waals surface area contributed by atoms with E-state index in [1.54, 1.807) is 33.7 Å². The normalized spacial score (nSPS) is 18.7. The molecule has 0 N–H and O–H groups in total. The Bertz CT molecular complexity index is 1080. The SMILES string of the molecule is O=C([C@H]1COc2ccccc2O1)N1CCN(Cc2nncn2-c2ccccc2F)CC1. The van der Waals surface area contributed by atoms with Crippen LogP contribution in [0.1, 0.15) is 5.82 Å². The minimum Gasteiger partial charge on any atom is -0.485 e. The highest BCUT2D eigenvalue weighted by molar-refractivity contribution is 5.82. The Kier molecular flexibility index (Phi) is 5.25. The molecule has 5 rings (SSSR count). The summed E-state index contributed by atoms with van der Waals surface area (Å²) in [5.41, 5.74) is 0.422. The highest BCUT2D eigenvalue weighted by atomic mass is 19.1. The van der Waals surface area contributed by atoms with Crippen molar-refractivity contribution in [2.75, 3.05) is 32.8 Å². The van der Waals surface area contributed by atoms with Gasteiger partial charge in [0, 0.05) is 26.2 Å². The van der Waals surface area contributed by atoms with Crippen molar-refractivity contribution in [1.29, 1.82) is 0 Å². The third-order valence-electron chi connectivity index (χ3n) is 5.56. The van der Waals surface area contributed by atoms with Crippen LogP contribution in [0.15, 0.2) is 54.9 Å². The molecule has 0 aliphatic carbocycles. The van der Waals surface area contributed by atoms with Crippen molar-refractivity contribution in [1.82, 2.24) is 24.6 Å². The van der Waals surface area contributed by atoms with E-state index >= 15 is 0 Å². The molecule has 9 heteroatoms. The van der Waals surface area contributed by atoms with Crippen molar-refractivity contribution in [2.24, 2.45) is 0 Å². The van der Waals surface area contributed by atoms with E-state index in [0.717, 1.165) is 0 Å². The van der Waals surface area contributed by atoms with Crippen LogP contribution < -0.4 is 9.47 Å². The minimum absolute atomic E-state index is 0.0660. The number of nitrogens with zero attached hydrogens (tertiary/aromatic N) is 5. The van der Waals surface area contributed by atoms with Gasteiger partial charge >= 0.3 is 0 Å². The van der Waals surface area contributed by atoms with E-state index in [9.17, 15) is 9.18 Å². The Hall–Kier alpha value is -3.46. The molecule has 31 heavy (non-hydrogen) atoms. The first-order valence-electron chi connectivity index (χ1n) is 10.2. The molecule has 0 unspecified atom stereocenters. The van der Waals surface area contributed by atoms with Crippen LogP contribution in [-0.4, -0.2) is 69.4 Å². The van der Waals surface area contributed by atoms with E-state index in [2.05, 4.69) is 15.1 Å². The summed E-state index contributed by atoms with van der Waals surface area (Å²) in [6.07, 6.45) is 0.886. The third kappa shape index (κ3) is 3.96. The molecule has 3 aromatic rings. The molecular weight excluding hydrogens is 401 g/mol. The lowest BCUT2D eigenvalue weighted by Crippen LogP contribution is -2.53. The summed E-state index contributed by atoms with van der Waals surface area (Å²) in [5.74, 6) is 1.53. The second kappa shape index (κ2) is 8.35. The molecule has 160 valence electrons. The molecule has 0 bridgehead atoms. The average Bonchev–Trinajstić information content (AvgIpc) is 3.27. The predicted octanol–water partition coefficient (Wildman–Crippen LogP) is 1.89. The molecule has 3 heterocycles. The highest BCUT2D eigenvalue weighted by Gasteiger charge is 2.32. The van der Waals surface area contributed by atoms with Gasteiger partial charge in [-0.3, -0.25) is 14.3 Å². The molecular formula is C22H22FN5O3. The van der Waals surface area contributed by atoms with Gasteiger partial charge in [-0.1, -0.05) is 24.3 Å². The van der Waals surface area contributed by atoms with E-state index in [1.807, 2.05) is 18.2 Å². The molecule has 1 aromatic heterocycles. The van der Waals surface area contributed by atoms with Gasteiger partial charge in [0.25, 0.3) is 5.91 Å². The van der Waals surface area contributed by atoms with Crippen molar-refractivity contribution in [3.63, 3.8) is 0 Å². The number of rotatable bonds is 4. The fourth-order valence-electron chi connectivity index (χ4n) is 3.89. The number of piperazine rings is 1. The zero-order valence-corrected chi connectivity index (χ0v) is 16.9. The molecule has 2 aromatic carbocycles. The van der Waals surface area contributed by atoms with Crippen LogP contribution in [0.25, 0.3) is 5.69 Å². The summed E-state index contributed by atoms with van der Waals surface area (Å²) in [6, 6.07) is 13.9. The van der Waals surface area contributed by atoms with E-state index in [1.165, 1.54) is 12.4 Å². The van der Waals surface area contributed by atoms with Gasteiger partial charge in [-0.25, -0.2) is 4.39 Å². The summed E-state index contributed by atoms with van der Waals surface area (Å²) in [6.45, 7) is 3.25. The number of benzene rings is 2. The molecule has 0 spiro atoms. The number of ether oxygens (including phenoxy) is 2. The number of hydrogen-bond acceptors (Lipinski definition) is 6. The number of aromatic nitrogens is 3. The number of halogens is 1. The molecule has 0 saturated carbocycles. The van der Waals surface area contributed by atoms with Crippen LogP contribution in [0.3, 0.4) is 0 Å². The Labute approximate surface area is 178 Å². The van der Waals surface area contributed by atoms with Crippen molar-refractivity contribution in [3.05, 3.63) is 66.5 Å². The number of fused-ring (bicyclic) bond motifs is 1. The standard InChI is InChI=1S/C22H22FN5O3/c23-16-5-1-2-6-17(16)28-15-24-25-21(28)13-26-9-11-27(12-10-26)22(29)20-14-30-18-7-3-4-8-19(18)31-20/h1-8,15,20H,9-14H2/t20-/m1/s1. The summed E-state index contributed by atoms with van der Waals surface area (Å²) in [7, 11) is 0. The Morgan fingerprint density at radius 1 is 1.03 bits per heavy atom. The Morgan fingerprint density at radius 2 is 1.77 bits per heavy atom. The monoisotopic (exact) mass is 423 g/mol. The minimum atomic E-state index is -0.634. The molecule has 2 aliphatic heterocycles. The first kappa shape index (κ1) is 19.5. The number of carbonyl (C=O) groups is 1. The lowest BCUT2D eigenvalue weighted by molar-refractivity contribution is -0.143. The van der Waals surface area contributed by atoms with Gasteiger partial charge in [-0.05, 0) is 24.3 Å². The van der Waals surface area contributed by atoms with E-state index < -0.39 is 6.10 Å². The topological polar surface area (TPSA) is 72.7 Å². The summed E-state index contributed by atoms with van der Waals surface area (Å²) >= 11 is 0. The largest absolute Gasteiger partial charge is 0.485 e. The first-order valence-corrected chi connectivity index (χ1v) is 10.2. The smallest absolute Gasteiger partial charge is 0.267 e. The summed E-state index contributed by atoms with van der Waals surface area (Å²) in [4.78, 5) is 16.9. The molecule has 2 aliphatic rings. The van der Waals surface area contributed by atoms with E-state index in [4.69, 9.17) is 9.47 Å². The zero-order chi connectivity index (χ0) is 21.2. The third-order valence-corrected chi connectivity index (χ3v) is 5.56. The van der Waals surface area contributed by atoms with E-state index in [0.29, 0.717) is 55.7 Å². The number of carbonyl (C=O) groups excluding carboxylic acids is 1. The van der Waals surface area contributed by atoms with Gasteiger partial charge in [-0.2, -0.15) is 0 Å². The molecule has 1 fully saturated rings. The number of hydrogen-bond donors (Lipinski definition) is 0. The molecule has 1 atom stereocenters. The van der Waals surface area contributed by atoms with Gasteiger partial charge in [0.2, 0.25) is 6.10 Å². The molecule has 8 nitrogen and oxygen atoms in total. The maximum Gasteiger partial charge on any atom is 0.267 e. The van der Waals surface area contributed by atoms with E-state index in [-0.39, 0.29) is 18.3 Å². The molecule has 1 saturated heterocycles. The number of para-hydroxylation sites is 3. The zero-order valence-electron chi connectivity index (χ0n) is 16.9. The summed E-state index contributed by atoms with van der Waals surface area (Å²) < 4.78 is 27.3. The Balaban J connectivity index is 1.19. The van der Waals surface area contributed by atoms with Crippen molar-refractivity contribution in [3.8, 4) is 17.2 Å². The lowest BCUT2D eigenvalue weighted by Gasteiger charge is -2.37. The quantitative estimate of drug-likeness (QED) is 0.638. The van der Waals surface area contributed by atoms with Crippen LogP contribution in [0.5, 0.6) is 11.5 Å². The van der Waals surface area contributed by atoms with Crippen LogP contribution in [0, 0.1) is 5.82 Å². The van der Waals surface area contributed by atoms with Crippen molar-refractivity contribution < 1.29 is 18.7 Å². The van der Waals surface area contributed by atoms with Gasteiger partial charge in [0.1, 0.15) is 18.8 Å². The fourth-order valence-corrected chi connectivity index (χ4v) is 3.89. The number of amides is 1. The maximum absolute atomic E-state index is 14.2. The second-order valence-electron chi connectivity index (χ2n) is 7.53. The fraction of sp³-hybridized carbons (Fsp3) is 0.318. The molecule has 0 radical (unpaired) electrons. The Morgan fingerprint density at radius 3 is 2.58 bits per heavy atom. The molecule has 1 amide bonds. The average molecular weight is 423 g/mol. The first-order chi connectivity index (χ1) is 15.2. The van der Waals surface area contributed by atoms with Crippen molar-refractivity contribution in [2.45, 2.75) is 12.6 Å². The van der Waals surface area contributed by atoms with Crippen LogP contribution >= 0.6 is 0 Å². The maximum atomic E-state index is 14.2. The summed E-state index contributed by atoms with van der Waals surface area (Å²) in [5, 5.41) is 8.12. The lowest BCUT2D eigenvalue weighted by atomic mass is 10.2. The van der Waals surface area contributed by atoms with Gasteiger partial charge in [0.15, 0.2) is 17.3 Å². The van der Waals surface area contributed by atoms with Gasteiger partial charge < -0.3 is 14.4 Å². The predicted molar refractivity (Wildman–Crippen MR) is 110 cm³/mol.